The second-order valence-electron chi connectivity index (χ2n) is 5.26. The lowest BCUT2D eigenvalue weighted by Crippen LogP contribution is -2.35. The number of rotatable bonds is 8. The molecule has 1 N–H and O–H groups in total. The molecule has 0 aliphatic carbocycles. The number of nitrogens with zero attached hydrogens (tertiary/aromatic N) is 1. The minimum absolute atomic E-state index is 0.111. The third kappa shape index (κ3) is 4.55. The van der Waals surface area contributed by atoms with E-state index >= 15 is 0 Å². The molecule has 5 nitrogen and oxygen atoms in total. The van der Waals surface area contributed by atoms with Crippen LogP contribution in [-0.4, -0.2) is 39.4 Å². The zero-order valence-corrected chi connectivity index (χ0v) is 14.6. The third-order valence-electron chi connectivity index (χ3n) is 3.96. The van der Waals surface area contributed by atoms with Gasteiger partial charge in [-0.1, -0.05) is 32.8 Å². The molecule has 124 valence electrons. The van der Waals surface area contributed by atoms with E-state index in [0.29, 0.717) is 24.6 Å². The maximum Gasteiger partial charge on any atom is 0.253 e. The van der Waals surface area contributed by atoms with Gasteiger partial charge < -0.3 is 4.90 Å². The molecular formula is C16H26N2O3S. The Bertz CT molecular complexity index is 595. The number of carbonyl (C=O) groups excluding carboxylic acids is 1. The maximum atomic E-state index is 12.6. The van der Waals surface area contributed by atoms with Crippen LogP contribution in [0.3, 0.4) is 0 Å². The van der Waals surface area contributed by atoms with Crippen molar-refractivity contribution >= 4 is 15.9 Å². The van der Waals surface area contributed by atoms with Crippen LogP contribution >= 0.6 is 0 Å². The summed E-state index contributed by atoms with van der Waals surface area (Å²) < 4.78 is 26.0. The van der Waals surface area contributed by atoms with E-state index in [9.17, 15) is 13.2 Å². The summed E-state index contributed by atoms with van der Waals surface area (Å²) in [5.41, 5.74) is 0.407. The lowest BCUT2D eigenvalue weighted by atomic mass is 10.0. The molecule has 1 aromatic rings. The Morgan fingerprint density at radius 1 is 1.23 bits per heavy atom. The highest BCUT2D eigenvalue weighted by Gasteiger charge is 2.19. The van der Waals surface area contributed by atoms with Gasteiger partial charge in [0.2, 0.25) is 10.0 Å². The average molecular weight is 326 g/mol. The molecule has 0 radical (unpaired) electrons. The lowest BCUT2D eigenvalue weighted by Gasteiger charge is -2.25. The number of nitrogens with one attached hydrogen (secondary N) is 1. The summed E-state index contributed by atoms with van der Waals surface area (Å²) in [6.45, 7) is 7.48. The molecule has 1 rings (SSSR count). The SMILES string of the molecule is CCC(CC)CN(CC)C(=O)c1cccc(S(=O)(=O)NC)c1. The van der Waals surface area contributed by atoms with Gasteiger partial charge in [0.15, 0.2) is 0 Å². The second kappa shape index (κ2) is 8.29. The van der Waals surface area contributed by atoms with E-state index in [-0.39, 0.29) is 10.8 Å². The van der Waals surface area contributed by atoms with Crippen LogP contribution in [0.15, 0.2) is 29.2 Å². The number of hydrogen-bond donors (Lipinski definition) is 1. The summed E-state index contributed by atoms with van der Waals surface area (Å²) in [7, 11) is -2.18. The quantitative estimate of drug-likeness (QED) is 0.798. The summed E-state index contributed by atoms with van der Waals surface area (Å²) in [6.07, 6.45) is 2.04. The van der Waals surface area contributed by atoms with Crippen LogP contribution in [-0.2, 0) is 10.0 Å². The first-order chi connectivity index (χ1) is 10.4. The molecule has 22 heavy (non-hydrogen) atoms. The van der Waals surface area contributed by atoms with Crippen molar-refractivity contribution in [2.45, 2.75) is 38.5 Å². The van der Waals surface area contributed by atoms with Crippen molar-refractivity contribution in [1.82, 2.24) is 9.62 Å². The summed E-state index contributed by atoms with van der Waals surface area (Å²) >= 11 is 0. The van der Waals surface area contributed by atoms with Crippen LogP contribution in [0.5, 0.6) is 0 Å². The molecule has 0 bridgehead atoms. The highest BCUT2D eigenvalue weighted by atomic mass is 32.2. The fourth-order valence-corrected chi connectivity index (χ4v) is 3.09. The van der Waals surface area contributed by atoms with E-state index in [2.05, 4.69) is 18.6 Å². The van der Waals surface area contributed by atoms with Gasteiger partial charge in [-0.2, -0.15) is 0 Å². The molecule has 0 heterocycles. The zero-order valence-electron chi connectivity index (χ0n) is 13.8. The Balaban J connectivity index is 3.03. The monoisotopic (exact) mass is 326 g/mol. The highest BCUT2D eigenvalue weighted by Crippen LogP contribution is 2.16. The van der Waals surface area contributed by atoms with Gasteiger partial charge in [-0.05, 0) is 38.1 Å². The fraction of sp³-hybridized carbons (Fsp3) is 0.562. The Morgan fingerprint density at radius 2 is 1.86 bits per heavy atom. The van der Waals surface area contributed by atoms with Crippen molar-refractivity contribution in [3.63, 3.8) is 0 Å². The van der Waals surface area contributed by atoms with Gasteiger partial charge in [-0.25, -0.2) is 13.1 Å². The van der Waals surface area contributed by atoms with Crippen LogP contribution in [0, 0.1) is 5.92 Å². The highest BCUT2D eigenvalue weighted by molar-refractivity contribution is 7.89. The second-order valence-corrected chi connectivity index (χ2v) is 7.15. The Labute approximate surface area is 133 Å². The molecule has 1 aromatic carbocycles. The van der Waals surface area contributed by atoms with Crippen molar-refractivity contribution in [2.24, 2.45) is 5.92 Å². The lowest BCUT2D eigenvalue weighted by molar-refractivity contribution is 0.0734. The maximum absolute atomic E-state index is 12.6. The van der Waals surface area contributed by atoms with Gasteiger partial charge in [0.05, 0.1) is 4.90 Å². The zero-order chi connectivity index (χ0) is 16.8. The van der Waals surface area contributed by atoms with Crippen molar-refractivity contribution in [2.75, 3.05) is 20.1 Å². The average Bonchev–Trinajstić information content (AvgIpc) is 2.55. The summed E-state index contributed by atoms with van der Waals surface area (Å²) in [5, 5.41) is 0. The molecular weight excluding hydrogens is 300 g/mol. The Kier molecular flexibility index (Phi) is 7.03. The van der Waals surface area contributed by atoms with E-state index in [0.717, 1.165) is 12.8 Å². The molecule has 0 unspecified atom stereocenters. The van der Waals surface area contributed by atoms with Crippen molar-refractivity contribution in [3.8, 4) is 0 Å². The van der Waals surface area contributed by atoms with Gasteiger partial charge in [-0.15, -0.1) is 0 Å². The number of sulfonamides is 1. The largest absolute Gasteiger partial charge is 0.339 e. The van der Waals surface area contributed by atoms with Crippen LogP contribution in [0.2, 0.25) is 0 Å². The molecule has 1 amide bonds. The van der Waals surface area contributed by atoms with Crippen LogP contribution in [0.1, 0.15) is 44.0 Å². The van der Waals surface area contributed by atoms with Gasteiger partial charge in [0.1, 0.15) is 0 Å². The minimum atomic E-state index is -3.54. The first-order valence-corrected chi connectivity index (χ1v) is 9.20. The van der Waals surface area contributed by atoms with Crippen LogP contribution < -0.4 is 4.72 Å². The van der Waals surface area contributed by atoms with Gasteiger partial charge in [-0.3, -0.25) is 4.79 Å². The molecule has 0 aromatic heterocycles. The molecule has 0 aliphatic heterocycles. The summed E-state index contributed by atoms with van der Waals surface area (Å²) in [5.74, 6) is 0.343. The number of carbonyl (C=O) groups is 1. The molecule has 6 heteroatoms. The fourth-order valence-electron chi connectivity index (χ4n) is 2.31. The van der Waals surface area contributed by atoms with Gasteiger partial charge >= 0.3 is 0 Å². The van der Waals surface area contributed by atoms with Gasteiger partial charge in [0.25, 0.3) is 5.91 Å². The topological polar surface area (TPSA) is 66.5 Å². The first kappa shape index (κ1) is 18.6. The summed E-state index contributed by atoms with van der Waals surface area (Å²) in [6, 6.07) is 6.18. The van der Waals surface area contributed by atoms with Crippen molar-refractivity contribution in [3.05, 3.63) is 29.8 Å². The Morgan fingerprint density at radius 3 is 2.36 bits per heavy atom. The molecule has 0 spiro atoms. The first-order valence-electron chi connectivity index (χ1n) is 7.72. The van der Waals surface area contributed by atoms with E-state index < -0.39 is 10.0 Å². The molecule has 0 saturated heterocycles. The number of hydrogen-bond acceptors (Lipinski definition) is 3. The predicted octanol–water partition coefficient (Wildman–Crippen LogP) is 2.49. The van der Waals surface area contributed by atoms with E-state index in [4.69, 9.17) is 0 Å². The van der Waals surface area contributed by atoms with E-state index in [1.165, 1.54) is 19.2 Å². The van der Waals surface area contributed by atoms with Crippen LogP contribution in [0.4, 0.5) is 0 Å². The predicted molar refractivity (Wildman–Crippen MR) is 88.3 cm³/mol. The minimum Gasteiger partial charge on any atom is -0.339 e. The van der Waals surface area contributed by atoms with Crippen molar-refractivity contribution in [1.29, 1.82) is 0 Å². The molecule has 0 saturated carbocycles. The van der Waals surface area contributed by atoms with Crippen LogP contribution in [0.25, 0.3) is 0 Å². The Hall–Kier alpha value is -1.40. The molecule has 0 atom stereocenters. The molecule has 0 fully saturated rings. The smallest absolute Gasteiger partial charge is 0.253 e. The standard InChI is InChI=1S/C16H26N2O3S/c1-5-13(6-2)12-18(7-3)16(19)14-9-8-10-15(11-14)22(20,21)17-4/h8-11,13,17H,5-7,12H2,1-4H3. The van der Waals surface area contributed by atoms with Gasteiger partial charge in [0, 0.05) is 18.7 Å². The van der Waals surface area contributed by atoms with E-state index in [1.54, 1.807) is 17.0 Å². The number of amides is 1. The normalized spacial score (nSPS) is 11.7. The third-order valence-corrected chi connectivity index (χ3v) is 5.37. The van der Waals surface area contributed by atoms with Crippen molar-refractivity contribution < 1.29 is 13.2 Å². The molecule has 0 aliphatic rings. The van der Waals surface area contributed by atoms with E-state index in [1.807, 2.05) is 6.92 Å². The number of benzene rings is 1. The summed E-state index contributed by atoms with van der Waals surface area (Å²) in [4.78, 5) is 14.5.